The Bertz CT molecular complexity index is 399. The average Bonchev–Trinajstić information content (AvgIpc) is 3.06. The zero-order valence-electron chi connectivity index (χ0n) is 14.6. The Balaban J connectivity index is 2.35. The van der Waals surface area contributed by atoms with Crippen LogP contribution in [0.1, 0.15) is 44.9 Å². The van der Waals surface area contributed by atoms with Crippen molar-refractivity contribution in [2.45, 2.75) is 40.0 Å². The largest absolute Gasteiger partial charge is 0.357 e. The van der Waals surface area contributed by atoms with Gasteiger partial charge in [-0.15, -0.1) is 11.3 Å². The topological polar surface area (TPSA) is 39.7 Å². The summed E-state index contributed by atoms with van der Waals surface area (Å²) in [5.74, 6) is 1.41. The molecule has 0 saturated carbocycles. The fourth-order valence-corrected chi connectivity index (χ4v) is 3.06. The first-order valence-corrected chi connectivity index (χ1v) is 9.37. The lowest BCUT2D eigenvalue weighted by atomic mass is 10.1. The van der Waals surface area contributed by atoms with E-state index in [1.54, 1.807) is 0 Å². The first kappa shape index (κ1) is 19.0. The number of hydrogen-bond acceptors (Lipinski definition) is 3. The fourth-order valence-electron chi connectivity index (χ4n) is 2.28. The summed E-state index contributed by atoms with van der Waals surface area (Å²) in [4.78, 5) is 8.57. The standard InChI is InChI=1S/C17H32N4S/c1-5-18-17(19-11-9-12-21(6-2)7-3)20-14-15(4)16-10-8-13-22-16/h8,10,13,15H,5-7,9,11-12,14H2,1-4H3,(H2,18,19,20). The third kappa shape index (κ3) is 7.27. The van der Waals surface area contributed by atoms with Crippen molar-refractivity contribution in [2.75, 3.05) is 39.3 Å². The molecule has 0 saturated heterocycles. The van der Waals surface area contributed by atoms with E-state index in [9.17, 15) is 0 Å². The molecule has 0 aliphatic rings. The number of hydrogen-bond donors (Lipinski definition) is 2. The molecule has 0 bridgehead atoms. The van der Waals surface area contributed by atoms with Crippen LogP contribution in [0.4, 0.5) is 0 Å². The molecule has 4 nitrogen and oxygen atoms in total. The molecule has 0 radical (unpaired) electrons. The van der Waals surface area contributed by atoms with E-state index in [-0.39, 0.29) is 0 Å². The molecule has 0 aromatic carbocycles. The van der Waals surface area contributed by atoms with Gasteiger partial charge in [-0.2, -0.15) is 0 Å². The smallest absolute Gasteiger partial charge is 0.191 e. The van der Waals surface area contributed by atoms with E-state index < -0.39 is 0 Å². The Morgan fingerprint density at radius 2 is 2.05 bits per heavy atom. The van der Waals surface area contributed by atoms with Gasteiger partial charge in [0, 0.05) is 23.9 Å². The van der Waals surface area contributed by atoms with Crippen molar-refractivity contribution in [1.82, 2.24) is 15.5 Å². The number of thiophene rings is 1. The molecule has 0 amide bonds. The van der Waals surface area contributed by atoms with Crippen LogP contribution in [-0.4, -0.2) is 50.1 Å². The van der Waals surface area contributed by atoms with Crippen LogP contribution < -0.4 is 10.6 Å². The highest BCUT2D eigenvalue weighted by atomic mass is 32.1. The van der Waals surface area contributed by atoms with Crippen LogP contribution >= 0.6 is 11.3 Å². The normalized spacial score (nSPS) is 13.4. The second kappa shape index (κ2) is 11.5. The predicted octanol–water partition coefficient (Wildman–Crippen LogP) is 3.14. The quantitative estimate of drug-likeness (QED) is 0.394. The van der Waals surface area contributed by atoms with Gasteiger partial charge in [0.05, 0.1) is 6.54 Å². The number of nitrogens with zero attached hydrogens (tertiary/aromatic N) is 2. The van der Waals surface area contributed by atoms with Crippen LogP contribution in [0.5, 0.6) is 0 Å². The highest BCUT2D eigenvalue weighted by molar-refractivity contribution is 7.10. The van der Waals surface area contributed by atoms with Crippen LogP contribution in [0.2, 0.25) is 0 Å². The first-order chi connectivity index (χ1) is 10.7. The van der Waals surface area contributed by atoms with E-state index in [4.69, 9.17) is 4.99 Å². The lowest BCUT2D eigenvalue weighted by Gasteiger charge is -2.18. The molecule has 1 atom stereocenters. The summed E-state index contributed by atoms with van der Waals surface area (Å²) in [5.41, 5.74) is 0. The minimum absolute atomic E-state index is 0.478. The molecule has 1 aromatic heterocycles. The van der Waals surface area contributed by atoms with Crippen molar-refractivity contribution < 1.29 is 0 Å². The summed E-state index contributed by atoms with van der Waals surface area (Å²) < 4.78 is 0. The highest BCUT2D eigenvalue weighted by Gasteiger charge is 2.06. The van der Waals surface area contributed by atoms with Crippen LogP contribution in [0.3, 0.4) is 0 Å². The maximum Gasteiger partial charge on any atom is 0.191 e. The number of guanidine groups is 1. The van der Waals surface area contributed by atoms with E-state index in [2.05, 4.69) is 60.7 Å². The molecule has 0 fully saturated rings. The molecule has 22 heavy (non-hydrogen) atoms. The Morgan fingerprint density at radius 3 is 2.64 bits per heavy atom. The Labute approximate surface area is 140 Å². The maximum absolute atomic E-state index is 4.71. The van der Waals surface area contributed by atoms with Crippen molar-refractivity contribution in [1.29, 1.82) is 0 Å². The summed E-state index contributed by atoms with van der Waals surface area (Å²) in [6.07, 6.45) is 1.15. The molecule has 1 aromatic rings. The van der Waals surface area contributed by atoms with Crippen molar-refractivity contribution >= 4 is 17.3 Å². The third-order valence-corrected chi connectivity index (χ3v) is 4.84. The van der Waals surface area contributed by atoms with Gasteiger partial charge in [-0.3, -0.25) is 4.99 Å². The van der Waals surface area contributed by atoms with E-state index in [1.807, 2.05) is 11.3 Å². The molecule has 126 valence electrons. The molecule has 0 spiro atoms. The number of rotatable bonds is 10. The minimum Gasteiger partial charge on any atom is -0.357 e. The predicted molar refractivity (Wildman–Crippen MR) is 99.1 cm³/mol. The van der Waals surface area contributed by atoms with E-state index >= 15 is 0 Å². The number of aliphatic imine (C=N–C) groups is 1. The van der Waals surface area contributed by atoms with Crippen molar-refractivity contribution in [3.8, 4) is 0 Å². The van der Waals surface area contributed by atoms with E-state index in [0.29, 0.717) is 5.92 Å². The van der Waals surface area contributed by atoms with Crippen LogP contribution in [0.25, 0.3) is 0 Å². The minimum atomic E-state index is 0.478. The summed E-state index contributed by atoms with van der Waals surface area (Å²) in [6, 6.07) is 4.30. The molecular weight excluding hydrogens is 292 g/mol. The molecular formula is C17H32N4S. The second-order valence-corrected chi connectivity index (χ2v) is 6.42. The maximum atomic E-state index is 4.71. The van der Waals surface area contributed by atoms with Gasteiger partial charge in [0.25, 0.3) is 0 Å². The van der Waals surface area contributed by atoms with Crippen LogP contribution in [0, 0.1) is 0 Å². The first-order valence-electron chi connectivity index (χ1n) is 8.49. The SMILES string of the molecule is CCNC(=NCC(C)c1cccs1)NCCCN(CC)CC. The van der Waals surface area contributed by atoms with Gasteiger partial charge < -0.3 is 15.5 Å². The Kier molecular flexibility index (Phi) is 9.91. The van der Waals surface area contributed by atoms with Crippen LogP contribution in [-0.2, 0) is 0 Å². The van der Waals surface area contributed by atoms with Crippen molar-refractivity contribution in [3.63, 3.8) is 0 Å². The molecule has 0 aliphatic carbocycles. The van der Waals surface area contributed by atoms with Crippen molar-refractivity contribution in [3.05, 3.63) is 22.4 Å². The summed E-state index contributed by atoms with van der Waals surface area (Å²) in [6.45, 7) is 14.9. The number of nitrogens with one attached hydrogen (secondary N) is 2. The zero-order valence-corrected chi connectivity index (χ0v) is 15.4. The van der Waals surface area contributed by atoms with Crippen molar-refractivity contribution in [2.24, 2.45) is 4.99 Å². The van der Waals surface area contributed by atoms with Crippen LogP contribution in [0.15, 0.2) is 22.5 Å². The Hall–Kier alpha value is -1.07. The summed E-state index contributed by atoms with van der Waals surface area (Å²) >= 11 is 1.81. The summed E-state index contributed by atoms with van der Waals surface area (Å²) in [5, 5.41) is 8.90. The molecule has 1 heterocycles. The molecule has 0 aliphatic heterocycles. The zero-order chi connectivity index (χ0) is 16.2. The van der Waals surface area contributed by atoms with Gasteiger partial charge in [-0.25, -0.2) is 0 Å². The lowest BCUT2D eigenvalue weighted by molar-refractivity contribution is 0.300. The molecule has 1 rings (SSSR count). The van der Waals surface area contributed by atoms with Gasteiger partial charge in [-0.1, -0.05) is 26.8 Å². The summed E-state index contributed by atoms with van der Waals surface area (Å²) in [7, 11) is 0. The average molecular weight is 325 g/mol. The van der Waals surface area contributed by atoms with Gasteiger partial charge in [0.2, 0.25) is 0 Å². The van der Waals surface area contributed by atoms with E-state index in [1.165, 1.54) is 4.88 Å². The van der Waals surface area contributed by atoms with E-state index in [0.717, 1.165) is 51.6 Å². The highest BCUT2D eigenvalue weighted by Crippen LogP contribution is 2.20. The van der Waals surface area contributed by atoms with Gasteiger partial charge in [0.15, 0.2) is 5.96 Å². The molecule has 2 N–H and O–H groups in total. The fraction of sp³-hybridized carbons (Fsp3) is 0.706. The monoisotopic (exact) mass is 324 g/mol. The van der Waals surface area contributed by atoms with Gasteiger partial charge >= 0.3 is 0 Å². The second-order valence-electron chi connectivity index (χ2n) is 5.44. The molecule has 1 unspecified atom stereocenters. The molecule has 5 heteroatoms. The Morgan fingerprint density at radius 1 is 1.27 bits per heavy atom. The third-order valence-electron chi connectivity index (χ3n) is 3.73. The lowest BCUT2D eigenvalue weighted by Crippen LogP contribution is -2.39. The van der Waals surface area contributed by atoms with Gasteiger partial charge in [-0.05, 0) is 44.4 Å². The van der Waals surface area contributed by atoms with Gasteiger partial charge in [0.1, 0.15) is 0 Å².